The number of benzene rings is 1. The second-order valence-electron chi connectivity index (χ2n) is 4.53. The molecule has 1 aromatic heterocycles. The van der Waals surface area contributed by atoms with Gasteiger partial charge in [0.15, 0.2) is 11.6 Å². The van der Waals surface area contributed by atoms with Crippen LogP contribution in [-0.4, -0.2) is 21.1 Å². The molecule has 0 bridgehead atoms. The minimum atomic E-state index is 0.262. The Hall–Kier alpha value is -1.10. The van der Waals surface area contributed by atoms with Gasteiger partial charge in [0, 0.05) is 17.9 Å². The summed E-state index contributed by atoms with van der Waals surface area (Å²) in [5.74, 6) is 1.64. The summed E-state index contributed by atoms with van der Waals surface area (Å²) in [6, 6.07) is 5.24. The Bertz CT molecular complexity index is 619. The third kappa shape index (κ3) is 3.32. The van der Waals surface area contributed by atoms with E-state index in [-0.39, 0.29) is 11.7 Å². The van der Waals surface area contributed by atoms with Gasteiger partial charge in [-0.25, -0.2) is 4.98 Å². The molecular weight excluding hydrogens is 319 g/mol. The van der Waals surface area contributed by atoms with Crippen molar-refractivity contribution < 1.29 is 0 Å². The first-order valence-electron chi connectivity index (χ1n) is 6.02. The molecule has 1 aromatic carbocycles. The molecule has 0 aliphatic rings. The molecule has 1 atom stereocenters. The fourth-order valence-electron chi connectivity index (χ4n) is 1.70. The van der Waals surface area contributed by atoms with Gasteiger partial charge in [0.2, 0.25) is 0 Å². The van der Waals surface area contributed by atoms with E-state index in [0.29, 0.717) is 39.4 Å². The van der Waals surface area contributed by atoms with Crippen molar-refractivity contribution >= 4 is 40.6 Å². The van der Waals surface area contributed by atoms with E-state index in [2.05, 4.69) is 15.2 Å². The highest BCUT2D eigenvalue weighted by atomic mass is 35.5. The number of nitrogen functional groups attached to an aromatic ring is 1. The molecule has 0 spiro atoms. The zero-order valence-corrected chi connectivity index (χ0v) is 13.0. The fourth-order valence-corrected chi connectivity index (χ4v) is 2.20. The Balaban J connectivity index is 2.37. The molecule has 2 rings (SSSR count). The quantitative estimate of drug-likeness (QED) is 0.864. The summed E-state index contributed by atoms with van der Waals surface area (Å²) in [5, 5.41) is 9.01. The summed E-state index contributed by atoms with van der Waals surface area (Å²) in [4.78, 5) is 4.25. The molecular formula is C13H13Cl3N4. The smallest absolute Gasteiger partial charge is 0.154 e. The third-order valence-electron chi connectivity index (χ3n) is 2.76. The summed E-state index contributed by atoms with van der Waals surface area (Å²) >= 11 is 17.9. The lowest BCUT2D eigenvalue weighted by atomic mass is 10.1. The van der Waals surface area contributed by atoms with Crippen LogP contribution in [0.1, 0.15) is 12.7 Å². The predicted octanol–water partition coefficient (Wildman–Crippen LogP) is 3.85. The van der Waals surface area contributed by atoms with Crippen LogP contribution in [-0.2, 0) is 6.42 Å². The zero-order chi connectivity index (χ0) is 14.7. The Morgan fingerprint density at radius 1 is 1.25 bits per heavy atom. The van der Waals surface area contributed by atoms with Gasteiger partial charge in [-0.2, -0.15) is 0 Å². The summed E-state index contributed by atoms with van der Waals surface area (Å²) in [5.41, 5.74) is 6.99. The molecule has 1 heterocycles. The highest BCUT2D eigenvalue weighted by molar-refractivity contribution is 6.43. The van der Waals surface area contributed by atoms with E-state index < -0.39 is 0 Å². The third-order valence-corrected chi connectivity index (χ3v) is 4.10. The van der Waals surface area contributed by atoms with Gasteiger partial charge in [0.05, 0.1) is 10.0 Å². The van der Waals surface area contributed by atoms with Crippen LogP contribution in [0.5, 0.6) is 0 Å². The number of nitrogens with two attached hydrogens (primary N) is 1. The van der Waals surface area contributed by atoms with Crippen molar-refractivity contribution in [3.05, 3.63) is 34.1 Å². The van der Waals surface area contributed by atoms with Crippen LogP contribution in [0.4, 0.5) is 5.82 Å². The number of aromatic nitrogens is 3. The number of nitrogens with zero attached hydrogens (tertiary/aromatic N) is 3. The highest BCUT2D eigenvalue weighted by Crippen LogP contribution is 2.34. The zero-order valence-electron chi connectivity index (χ0n) is 10.8. The van der Waals surface area contributed by atoms with E-state index in [0.717, 1.165) is 0 Å². The van der Waals surface area contributed by atoms with Gasteiger partial charge < -0.3 is 5.73 Å². The van der Waals surface area contributed by atoms with E-state index in [9.17, 15) is 0 Å². The number of hydrogen-bond acceptors (Lipinski definition) is 4. The van der Waals surface area contributed by atoms with Crippen molar-refractivity contribution in [2.45, 2.75) is 13.3 Å². The van der Waals surface area contributed by atoms with Crippen LogP contribution in [0.25, 0.3) is 11.3 Å². The number of halogens is 3. The molecule has 0 fully saturated rings. The number of hydrogen-bond donors (Lipinski definition) is 1. The van der Waals surface area contributed by atoms with Crippen LogP contribution in [0, 0.1) is 5.92 Å². The Morgan fingerprint density at radius 3 is 2.65 bits per heavy atom. The van der Waals surface area contributed by atoms with Crippen LogP contribution >= 0.6 is 34.8 Å². The van der Waals surface area contributed by atoms with Gasteiger partial charge in [-0.1, -0.05) is 42.3 Å². The van der Waals surface area contributed by atoms with Gasteiger partial charge in [0.25, 0.3) is 0 Å². The standard InChI is InChI=1S/C13H13Cl3N4/c1-7(6-14)5-10-18-13(17)12(20-19-10)8-3-2-4-9(15)11(8)16/h2-4,7H,5-6H2,1H3,(H2,17,18,19). The summed E-state index contributed by atoms with van der Waals surface area (Å²) in [7, 11) is 0. The first-order chi connectivity index (χ1) is 9.52. The maximum atomic E-state index is 6.15. The van der Waals surface area contributed by atoms with Crippen LogP contribution < -0.4 is 5.73 Å². The molecule has 20 heavy (non-hydrogen) atoms. The highest BCUT2D eigenvalue weighted by Gasteiger charge is 2.14. The Labute approximate surface area is 132 Å². The van der Waals surface area contributed by atoms with Crippen LogP contribution in [0.2, 0.25) is 10.0 Å². The maximum Gasteiger partial charge on any atom is 0.154 e. The molecule has 0 saturated carbocycles. The van der Waals surface area contributed by atoms with Gasteiger partial charge in [-0.3, -0.25) is 0 Å². The molecule has 2 N–H and O–H groups in total. The van der Waals surface area contributed by atoms with E-state index >= 15 is 0 Å². The molecule has 0 amide bonds. The second-order valence-corrected chi connectivity index (χ2v) is 5.62. The van der Waals surface area contributed by atoms with Crippen molar-refractivity contribution in [3.63, 3.8) is 0 Å². The van der Waals surface area contributed by atoms with Crippen molar-refractivity contribution in [1.82, 2.24) is 15.2 Å². The number of alkyl halides is 1. The summed E-state index contributed by atoms with van der Waals surface area (Å²) in [6.07, 6.45) is 0.629. The molecule has 1 unspecified atom stereocenters. The monoisotopic (exact) mass is 330 g/mol. The van der Waals surface area contributed by atoms with Crippen molar-refractivity contribution in [1.29, 1.82) is 0 Å². The van der Waals surface area contributed by atoms with Crippen molar-refractivity contribution in [2.75, 3.05) is 11.6 Å². The Morgan fingerprint density at radius 2 is 2.00 bits per heavy atom. The average Bonchev–Trinajstić information content (AvgIpc) is 2.42. The first kappa shape index (κ1) is 15.3. The second kappa shape index (κ2) is 6.57. The van der Waals surface area contributed by atoms with Gasteiger partial charge in [-0.15, -0.1) is 21.8 Å². The van der Waals surface area contributed by atoms with Crippen molar-refractivity contribution in [2.24, 2.45) is 5.92 Å². The van der Waals surface area contributed by atoms with E-state index in [1.165, 1.54) is 0 Å². The molecule has 7 heteroatoms. The van der Waals surface area contributed by atoms with Crippen molar-refractivity contribution in [3.8, 4) is 11.3 Å². The fraction of sp³-hybridized carbons (Fsp3) is 0.308. The lowest BCUT2D eigenvalue weighted by Gasteiger charge is -2.09. The molecule has 106 valence electrons. The molecule has 0 aliphatic carbocycles. The summed E-state index contributed by atoms with van der Waals surface area (Å²) < 4.78 is 0. The minimum Gasteiger partial charge on any atom is -0.382 e. The van der Waals surface area contributed by atoms with Gasteiger partial charge in [-0.05, 0) is 12.0 Å². The van der Waals surface area contributed by atoms with E-state index in [1.54, 1.807) is 18.2 Å². The molecule has 4 nitrogen and oxygen atoms in total. The predicted molar refractivity (Wildman–Crippen MR) is 83.3 cm³/mol. The maximum absolute atomic E-state index is 6.15. The van der Waals surface area contributed by atoms with Gasteiger partial charge >= 0.3 is 0 Å². The van der Waals surface area contributed by atoms with Crippen LogP contribution in [0.3, 0.4) is 0 Å². The van der Waals surface area contributed by atoms with Gasteiger partial charge in [0.1, 0.15) is 5.69 Å². The Kier molecular flexibility index (Phi) is 5.02. The lowest BCUT2D eigenvalue weighted by molar-refractivity contribution is 0.618. The van der Waals surface area contributed by atoms with Crippen LogP contribution in [0.15, 0.2) is 18.2 Å². The largest absolute Gasteiger partial charge is 0.382 e. The SMILES string of the molecule is CC(CCl)Cc1nnc(-c2cccc(Cl)c2Cl)c(N)n1. The lowest BCUT2D eigenvalue weighted by Crippen LogP contribution is -2.09. The normalized spacial score (nSPS) is 12.4. The first-order valence-corrected chi connectivity index (χ1v) is 7.31. The average molecular weight is 332 g/mol. The molecule has 0 saturated heterocycles. The van der Waals surface area contributed by atoms with E-state index in [4.69, 9.17) is 40.5 Å². The molecule has 0 aliphatic heterocycles. The molecule has 0 radical (unpaired) electrons. The number of anilines is 1. The number of rotatable bonds is 4. The topological polar surface area (TPSA) is 64.7 Å². The van der Waals surface area contributed by atoms with E-state index in [1.807, 2.05) is 6.92 Å². The summed E-state index contributed by atoms with van der Waals surface area (Å²) in [6.45, 7) is 2.01. The minimum absolute atomic E-state index is 0.262. The molecule has 2 aromatic rings.